The van der Waals surface area contributed by atoms with Gasteiger partial charge in [0.05, 0.1) is 0 Å². The quantitative estimate of drug-likeness (QED) is 0.556. The molecule has 1 heterocycles. The zero-order chi connectivity index (χ0) is 7.52. The predicted molar refractivity (Wildman–Crippen MR) is 40.4 cm³/mol. The molecule has 0 spiro atoms. The van der Waals surface area contributed by atoms with Crippen molar-refractivity contribution >= 4 is 0 Å². The van der Waals surface area contributed by atoms with E-state index in [1.165, 1.54) is 0 Å². The van der Waals surface area contributed by atoms with Crippen LogP contribution in [0.3, 0.4) is 0 Å². The SMILES string of the molecule is [C]1=CCOc2ccccc2O1. The van der Waals surface area contributed by atoms with Gasteiger partial charge in [-0.1, -0.05) is 12.1 Å². The minimum Gasteiger partial charge on any atom is -0.485 e. The van der Waals surface area contributed by atoms with Crippen LogP contribution in [0.4, 0.5) is 0 Å². The van der Waals surface area contributed by atoms with Crippen LogP contribution in [0.15, 0.2) is 30.3 Å². The third-order valence-electron chi connectivity index (χ3n) is 1.42. The molecule has 0 saturated carbocycles. The van der Waals surface area contributed by atoms with Crippen molar-refractivity contribution in [3.05, 3.63) is 36.6 Å². The smallest absolute Gasteiger partial charge is 0.169 e. The fraction of sp³-hybridized carbons (Fsp3) is 0.111. The van der Waals surface area contributed by atoms with E-state index < -0.39 is 0 Å². The van der Waals surface area contributed by atoms with Gasteiger partial charge in [-0.3, -0.25) is 0 Å². The van der Waals surface area contributed by atoms with Gasteiger partial charge in [0.1, 0.15) is 6.61 Å². The molecule has 1 aromatic rings. The molecule has 11 heavy (non-hydrogen) atoms. The molecule has 1 radical (unpaired) electrons. The minimum absolute atomic E-state index is 0.525. The molecule has 0 fully saturated rings. The van der Waals surface area contributed by atoms with Crippen LogP contribution in [0.2, 0.25) is 0 Å². The maximum atomic E-state index is 5.31. The molecule has 1 aliphatic heterocycles. The molecule has 2 heteroatoms. The maximum absolute atomic E-state index is 5.31. The molecule has 2 rings (SSSR count). The molecule has 0 saturated heterocycles. The topological polar surface area (TPSA) is 18.5 Å². The molecule has 1 aromatic carbocycles. The Kier molecular flexibility index (Phi) is 1.52. The van der Waals surface area contributed by atoms with Crippen molar-refractivity contribution < 1.29 is 9.47 Å². The summed E-state index contributed by atoms with van der Waals surface area (Å²) in [6.45, 7) is 0.525. The number of benzene rings is 1. The van der Waals surface area contributed by atoms with Crippen LogP contribution in [-0.2, 0) is 0 Å². The van der Waals surface area contributed by atoms with Gasteiger partial charge in [0, 0.05) is 0 Å². The van der Waals surface area contributed by atoms with Crippen LogP contribution in [0, 0.1) is 6.26 Å². The molecule has 0 unspecified atom stereocenters. The third-order valence-corrected chi connectivity index (χ3v) is 1.42. The fourth-order valence-corrected chi connectivity index (χ4v) is 0.924. The van der Waals surface area contributed by atoms with Gasteiger partial charge >= 0.3 is 0 Å². The van der Waals surface area contributed by atoms with Crippen LogP contribution in [-0.4, -0.2) is 6.61 Å². The fourth-order valence-electron chi connectivity index (χ4n) is 0.924. The summed E-state index contributed by atoms with van der Waals surface area (Å²) >= 11 is 0. The van der Waals surface area contributed by atoms with Gasteiger partial charge in [-0.05, 0) is 18.2 Å². The standard InChI is InChI=1S/C9H7O2/c1-2-5-9-8(4-1)10-6-3-7-11-9/h1-5H,6H2. The van der Waals surface area contributed by atoms with Crippen molar-refractivity contribution in [2.45, 2.75) is 0 Å². The Bertz CT molecular complexity index is 279. The van der Waals surface area contributed by atoms with Gasteiger partial charge in [0.15, 0.2) is 17.8 Å². The molecular weight excluding hydrogens is 140 g/mol. The number of hydrogen-bond donors (Lipinski definition) is 0. The van der Waals surface area contributed by atoms with Crippen molar-refractivity contribution in [3.63, 3.8) is 0 Å². The summed E-state index contributed by atoms with van der Waals surface area (Å²) in [5, 5.41) is 0. The van der Waals surface area contributed by atoms with E-state index in [1.807, 2.05) is 24.3 Å². The summed E-state index contributed by atoms with van der Waals surface area (Å²) in [6, 6.07) is 7.53. The van der Waals surface area contributed by atoms with Gasteiger partial charge < -0.3 is 9.47 Å². The molecule has 0 amide bonds. The van der Waals surface area contributed by atoms with Crippen LogP contribution >= 0.6 is 0 Å². The molecule has 1 aliphatic rings. The second-order valence-corrected chi connectivity index (χ2v) is 2.18. The molecular formula is C9H7O2. The summed E-state index contributed by atoms with van der Waals surface area (Å²) in [7, 11) is 0. The number of fused-ring (bicyclic) bond motifs is 1. The van der Waals surface area contributed by atoms with Crippen LogP contribution in [0.25, 0.3) is 0 Å². The van der Waals surface area contributed by atoms with E-state index in [9.17, 15) is 0 Å². The number of ether oxygens (including phenoxy) is 2. The van der Waals surface area contributed by atoms with Gasteiger partial charge in [0.2, 0.25) is 0 Å². The molecule has 0 N–H and O–H groups in total. The normalized spacial score (nSPS) is 14.2. The van der Waals surface area contributed by atoms with Gasteiger partial charge in [0.25, 0.3) is 0 Å². The maximum Gasteiger partial charge on any atom is 0.169 e. The van der Waals surface area contributed by atoms with Gasteiger partial charge in [-0.15, -0.1) is 0 Å². The number of para-hydroxylation sites is 2. The highest BCUT2D eigenvalue weighted by atomic mass is 16.5. The molecule has 0 bridgehead atoms. The second kappa shape index (κ2) is 2.66. The third kappa shape index (κ3) is 1.19. The van der Waals surface area contributed by atoms with E-state index in [1.54, 1.807) is 6.08 Å². The largest absolute Gasteiger partial charge is 0.485 e. The van der Waals surface area contributed by atoms with E-state index in [2.05, 4.69) is 6.26 Å². The lowest BCUT2D eigenvalue weighted by molar-refractivity contribution is 0.355. The average Bonchev–Trinajstić information content (AvgIpc) is 2.28. The number of hydrogen-bond acceptors (Lipinski definition) is 2. The zero-order valence-electron chi connectivity index (χ0n) is 5.91. The first-order valence-electron chi connectivity index (χ1n) is 3.43. The van der Waals surface area contributed by atoms with Crippen LogP contribution in [0.5, 0.6) is 11.5 Å². The van der Waals surface area contributed by atoms with E-state index in [0.29, 0.717) is 6.61 Å². The molecule has 55 valence electrons. The first-order valence-corrected chi connectivity index (χ1v) is 3.43. The van der Waals surface area contributed by atoms with E-state index in [-0.39, 0.29) is 0 Å². The Morgan fingerprint density at radius 1 is 1.18 bits per heavy atom. The average molecular weight is 147 g/mol. The van der Waals surface area contributed by atoms with Crippen molar-refractivity contribution in [1.29, 1.82) is 0 Å². The van der Waals surface area contributed by atoms with E-state index in [4.69, 9.17) is 9.47 Å². The summed E-state index contributed by atoms with van der Waals surface area (Å²) in [6.07, 6.45) is 4.36. The monoisotopic (exact) mass is 147 g/mol. The molecule has 2 nitrogen and oxygen atoms in total. The lowest BCUT2D eigenvalue weighted by Crippen LogP contribution is -1.90. The summed E-state index contributed by atoms with van der Waals surface area (Å²) < 4.78 is 10.4. The summed E-state index contributed by atoms with van der Waals surface area (Å²) in [4.78, 5) is 0. The summed E-state index contributed by atoms with van der Waals surface area (Å²) in [5.41, 5.74) is 0. The second-order valence-electron chi connectivity index (χ2n) is 2.18. The lowest BCUT2D eigenvalue weighted by Gasteiger charge is -2.03. The van der Waals surface area contributed by atoms with Crippen LogP contribution in [0.1, 0.15) is 0 Å². The van der Waals surface area contributed by atoms with Crippen molar-refractivity contribution in [1.82, 2.24) is 0 Å². The Morgan fingerprint density at radius 2 is 2.00 bits per heavy atom. The number of rotatable bonds is 0. The van der Waals surface area contributed by atoms with Crippen molar-refractivity contribution in [2.75, 3.05) is 6.61 Å². The van der Waals surface area contributed by atoms with E-state index in [0.717, 1.165) is 11.5 Å². The Morgan fingerprint density at radius 3 is 2.91 bits per heavy atom. The predicted octanol–water partition coefficient (Wildman–Crippen LogP) is 1.77. The Balaban J connectivity index is 2.40. The highest BCUT2D eigenvalue weighted by molar-refractivity contribution is 5.40. The lowest BCUT2D eigenvalue weighted by atomic mass is 10.3. The van der Waals surface area contributed by atoms with Gasteiger partial charge in [-0.2, -0.15) is 0 Å². The van der Waals surface area contributed by atoms with Crippen molar-refractivity contribution in [2.24, 2.45) is 0 Å². The highest BCUT2D eigenvalue weighted by Crippen LogP contribution is 2.27. The zero-order valence-corrected chi connectivity index (χ0v) is 5.91. The Hall–Kier alpha value is -1.44. The highest BCUT2D eigenvalue weighted by Gasteiger charge is 2.04. The van der Waals surface area contributed by atoms with Gasteiger partial charge in [-0.25, -0.2) is 0 Å². The van der Waals surface area contributed by atoms with E-state index >= 15 is 0 Å². The summed E-state index contributed by atoms with van der Waals surface area (Å²) in [5.74, 6) is 1.50. The molecule has 0 atom stereocenters. The van der Waals surface area contributed by atoms with Crippen molar-refractivity contribution in [3.8, 4) is 11.5 Å². The van der Waals surface area contributed by atoms with Crippen LogP contribution < -0.4 is 9.47 Å². The first kappa shape index (κ1) is 6.28. The molecule has 0 aliphatic carbocycles. The molecule has 0 aromatic heterocycles. The first-order chi connectivity index (χ1) is 5.47. The Labute approximate surface area is 65.1 Å². The minimum atomic E-state index is 0.525.